The van der Waals surface area contributed by atoms with Crippen molar-refractivity contribution in [3.63, 3.8) is 0 Å². The molecule has 5 heteroatoms. The van der Waals surface area contributed by atoms with Gasteiger partial charge in [-0.2, -0.15) is 0 Å². The molecule has 2 unspecified atom stereocenters. The van der Waals surface area contributed by atoms with Crippen molar-refractivity contribution in [3.05, 3.63) is 20.8 Å². The monoisotopic (exact) mass is 318 g/mol. The lowest BCUT2D eigenvalue weighted by molar-refractivity contribution is -0.122. The van der Waals surface area contributed by atoms with Crippen molar-refractivity contribution in [1.82, 2.24) is 10.6 Å². The van der Waals surface area contributed by atoms with Gasteiger partial charge in [-0.3, -0.25) is 10.1 Å². The van der Waals surface area contributed by atoms with Gasteiger partial charge in [0, 0.05) is 17.5 Å². The minimum Gasteiger partial charge on any atom is -0.355 e. The summed E-state index contributed by atoms with van der Waals surface area (Å²) in [5.74, 6) is 0.0642. The van der Waals surface area contributed by atoms with E-state index in [0.29, 0.717) is 0 Å². The lowest BCUT2D eigenvalue weighted by atomic mass is 10.2. The molecule has 1 aromatic rings. The number of nitrogens with one attached hydrogen (secondary N) is 2. The Morgan fingerprint density at radius 3 is 2.71 bits per heavy atom. The van der Waals surface area contributed by atoms with Crippen LogP contribution in [0.4, 0.5) is 0 Å². The molecule has 2 N–H and O–H groups in total. The van der Waals surface area contributed by atoms with Crippen molar-refractivity contribution in [3.8, 4) is 0 Å². The van der Waals surface area contributed by atoms with Gasteiger partial charge in [0.05, 0.1) is 9.83 Å². The fraction of sp³-hybridized carbons (Fsp3) is 0.583. The smallest absolute Gasteiger partial charge is 0.236 e. The van der Waals surface area contributed by atoms with Gasteiger partial charge in [-0.15, -0.1) is 11.3 Å². The second kappa shape index (κ2) is 7.13. The molecular weight excluding hydrogens is 300 g/mol. The second-order valence-electron chi connectivity index (χ2n) is 4.04. The van der Waals surface area contributed by atoms with E-state index in [1.165, 1.54) is 4.88 Å². The average molecular weight is 319 g/mol. The van der Waals surface area contributed by atoms with E-state index in [4.69, 9.17) is 0 Å². The number of thiophene rings is 1. The van der Waals surface area contributed by atoms with Crippen LogP contribution in [0.5, 0.6) is 0 Å². The molecule has 0 aromatic carbocycles. The van der Waals surface area contributed by atoms with Crippen molar-refractivity contribution in [1.29, 1.82) is 0 Å². The summed E-state index contributed by atoms with van der Waals surface area (Å²) in [6, 6.07) is 4.12. The van der Waals surface area contributed by atoms with E-state index < -0.39 is 0 Å². The van der Waals surface area contributed by atoms with Crippen LogP contribution in [-0.4, -0.2) is 18.5 Å². The zero-order chi connectivity index (χ0) is 12.8. The van der Waals surface area contributed by atoms with Crippen LogP contribution in [-0.2, 0) is 4.79 Å². The van der Waals surface area contributed by atoms with E-state index in [0.717, 1.165) is 16.8 Å². The summed E-state index contributed by atoms with van der Waals surface area (Å²) in [5, 5.41) is 6.18. The molecule has 0 aliphatic rings. The fourth-order valence-electron chi connectivity index (χ4n) is 1.50. The molecular formula is C12H19BrN2OS. The Morgan fingerprint density at radius 1 is 1.47 bits per heavy atom. The van der Waals surface area contributed by atoms with Crippen molar-refractivity contribution in [2.45, 2.75) is 39.3 Å². The molecule has 0 bridgehead atoms. The van der Waals surface area contributed by atoms with Crippen molar-refractivity contribution in [2.75, 3.05) is 6.54 Å². The highest BCUT2D eigenvalue weighted by Crippen LogP contribution is 2.27. The maximum atomic E-state index is 11.7. The van der Waals surface area contributed by atoms with Gasteiger partial charge in [-0.25, -0.2) is 0 Å². The van der Waals surface area contributed by atoms with Crippen LogP contribution >= 0.6 is 27.3 Å². The Balaban J connectivity index is 2.45. The van der Waals surface area contributed by atoms with E-state index >= 15 is 0 Å². The molecule has 96 valence electrons. The quantitative estimate of drug-likeness (QED) is 0.846. The first-order chi connectivity index (χ1) is 8.04. The zero-order valence-corrected chi connectivity index (χ0v) is 12.8. The highest BCUT2D eigenvalue weighted by Gasteiger charge is 2.16. The normalized spacial score (nSPS) is 14.4. The minimum atomic E-state index is -0.169. The second-order valence-corrected chi connectivity index (χ2v) is 6.54. The van der Waals surface area contributed by atoms with E-state index in [9.17, 15) is 4.79 Å². The molecule has 1 rings (SSSR count). The van der Waals surface area contributed by atoms with Crippen molar-refractivity contribution in [2.24, 2.45) is 0 Å². The number of halogens is 1. The first-order valence-electron chi connectivity index (χ1n) is 5.83. The third-order valence-electron chi connectivity index (χ3n) is 2.46. The molecule has 0 saturated heterocycles. The van der Waals surface area contributed by atoms with Gasteiger partial charge in [-0.05, 0) is 48.3 Å². The lowest BCUT2D eigenvalue weighted by Gasteiger charge is -2.18. The Kier molecular flexibility index (Phi) is 6.16. The van der Waals surface area contributed by atoms with Gasteiger partial charge < -0.3 is 5.32 Å². The fourth-order valence-corrected chi connectivity index (χ4v) is 2.93. The summed E-state index contributed by atoms with van der Waals surface area (Å²) < 4.78 is 1.12. The molecule has 1 amide bonds. The molecule has 2 atom stereocenters. The summed E-state index contributed by atoms with van der Waals surface area (Å²) in [4.78, 5) is 12.9. The van der Waals surface area contributed by atoms with Crippen LogP contribution in [0.1, 0.15) is 38.1 Å². The third kappa shape index (κ3) is 4.77. The van der Waals surface area contributed by atoms with E-state index in [2.05, 4.69) is 39.6 Å². The molecule has 0 aliphatic carbocycles. The van der Waals surface area contributed by atoms with Gasteiger partial charge in [0.25, 0.3) is 0 Å². The summed E-state index contributed by atoms with van der Waals surface area (Å²) in [6.45, 7) is 6.75. The molecule has 1 aromatic heterocycles. The molecule has 3 nitrogen and oxygen atoms in total. The average Bonchev–Trinajstić information content (AvgIpc) is 2.72. The van der Waals surface area contributed by atoms with Gasteiger partial charge in [0.15, 0.2) is 0 Å². The third-order valence-corrected chi connectivity index (χ3v) is 4.27. The van der Waals surface area contributed by atoms with Crippen LogP contribution in [0.25, 0.3) is 0 Å². The standard InChI is InChI=1S/C12H19BrN2OS/c1-4-7-14-12(16)9(3)15-8(2)10-5-6-11(13)17-10/h5-6,8-9,15H,4,7H2,1-3H3,(H,14,16). The largest absolute Gasteiger partial charge is 0.355 e. The molecule has 0 spiro atoms. The molecule has 0 fully saturated rings. The van der Waals surface area contributed by atoms with Gasteiger partial charge in [0.2, 0.25) is 5.91 Å². The van der Waals surface area contributed by atoms with Gasteiger partial charge >= 0.3 is 0 Å². The minimum absolute atomic E-state index is 0.0642. The first-order valence-corrected chi connectivity index (χ1v) is 7.44. The Hall–Kier alpha value is -0.390. The highest BCUT2D eigenvalue weighted by atomic mass is 79.9. The Morgan fingerprint density at radius 2 is 2.18 bits per heavy atom. The van der Waals surface area contributed by atoms with Crippen LogP contribution < -0.4 is 10.6 Å². The number of carbonyl (C=O) groups is 1. The van der Waals surface area contributed by atoms with E-state index in [-0.39, 0.29) is 18.0 Å². The maximum absolute atomic E-state index is 11.7. The summed E-state index contributed by atoms with van der Waals surface area (Å²) in [7, 11) is 0. The molecule has 17 heavy (non-hydrogen) atoms. The van der Waals surface area contributed by atoms with Crippen LogP contribution in [0, 0.1) is 0 Å². The SMILES string of the molecule is CCCNC(=O)C(C)NC(C)c1ccc(Br)s1. The maximum Gasteiger partial charge on any atom is 0.236 e. The topological polar surface area (TPSA) is 41.1 Å². The molecule has 0 aliphatic heterocycles. The lowest BCUT2D eigenvalue weighted by Crippen LogP contribution is -2.43. The predicted octanol–water partition coefficient (Wildman–Crippen LogP) is 3.08. The summed E-state index contributed by atoms with van der Waals surface area (Å²) in [6.07, 6.45) is 0.964. The highest BCUT2D eigenvalue weighted by molar-refractivity contribution is 9.11. The summed E-state index contributed by atoms with van der Waals surface area (Å²) in [5.41, 5.74) is 0. The van der Waals surface area contributed by atoms with Crippen LogP contribution in [0.2, 0.25) is 0 Å². The Bertz CT molecular complexity index is 367. The van der Waals surface area contributed by atoms with E-state index in [1.54, 1.807) is 11.3 Å². The molecule has 0 radical (unpaired) electrons. The number of amides is 1. The number of hydrogen-bond donors (Lipinski definition) is 2. The van der Waals surface area contributed by atoms with Gasteiger partial charge in [-0.1, -0.05) is 6.92 Å². The van der Waals surface area contributed by atoms with Crippen LogP contribution in [0.15, 0.2) is 15.9 Å². The zero-order valence-electron chi connectivity index (χ0n) is 10.4. The summed E-state index contributed by atoms with van der Waals surface area (Å²) >= 11 is 5.13. The van der Waals surface area contributed by atoms with Crippen molar-refractivity contribution < 1.29 is 4.79 Å². The predicted molar refractivity (Wildman–Crippen MR) is 76.3 cm³/mol. The first kappa shape index (κ1) is 14.7. The Labute approximate surface area is 115 Å². The van der Waals surface area contributed by atoms with Gasteiger partial charge in [0.1, 0.15) is 0 Å². The van der Waals surface area contributed by atoms with Crippen LogP contribution in [0.3, 0.4) is 0 Å². The van der Waals surface area contributed by atoms with E-state index in [1.807, 2.05) is 19.9 Å². The molecule has 1 heterocycles. The number of rotatable bonds is 6. The number of hydrogen-bond acceptors (Lipinski definition) is 3. The van der Waals surface area contributed by atoms with Crippen molar-refractivity contribution >= 4 is 33.2 Å². The molecule has 0 saturated carbocycles. The number of carbonyl (C=O) groups excluding carboxylic acids is 1.